The number of hydrogen-bond donors (Lipinski definition) is 2. The van der Waals surface area contributed by atoms with E-state index in [1.165, 1.54) is 38.5 Å². The molecule has 1 aliphatic carbocycles. The Labute approximate surface area is 115 Å². The van der Waals surface area contributed by atoms with Crippen LogP contribution in [0.4, 0.5) is 0 Å². The van der Waals surface area contributed by atoms with E-state index < -0.39 is 0 Å². The fourth-order valence-electron chi connectivity index (χ4n) is 3.27. The minimum Gasteiger partial charge on any atom is -0.271 e. The third-order valence-electron chi connectivity index (χ3n) is 4.54. The molecule has 1 aliphatic rings. The van der Waals surface area contributed by atoms with Gasteiger partial charge in [-0.1, -0.05) is 26.7 Å². The molecule has 3 N–H and O–H groups in total. The van der Waals surface area contributed by atoms with Crippen molar-refractivity contribution in [3.63, 3.8) is 0 Å². The van der Waals surface area contributed by atoms with Crippen molar-refractivity contribution in [1.29, 1.82) is 0 Å². The topological polar surface area (TPSA) is 38.0 Å². The van der Waals surface area contributed by atoms with Gasteiger partial charge in [0.05, 0.1) is 0 Å². The van der Waals surface area contributed by atoms with Gasteiger partial charge < -0.3 is 0 Å². The van der Waals surface area contributed by atoms with E-state index in [1.807, 2.05) is 11.3 Å². The average molecular weight is 266 g/mol. The smallest absolute Gasteiger partial charge is 0.0282 e. The molecular formula is C15H26N2S. The van der Waals surface area contributed by atoms with E-state index in [9.17, 15) is 0 Å². The number of nitrogens with one attached hydrogen (secondary N) is 1. The largest absolute Gasteiger partial charge is 0.271 e. The van der Waals surface area contributed by atoms with Gasteiger partial charge in [-0.15, -0.1) is 11.3 Å². The van der Waals surface area contributed by atoms with E-state index in [4.69, 9.17) is 5.84 Å². The van der Waals surface area contributed by atoms with Gasteiger partial charge in [-0.25, -0.2) is 0 Å². The Morgan fingerprint density at radius 1 is 1.44 bits per heavy atom. The van der Waals surface area contributed by atoms with Gasteiger partial charge in [0.25, 0.3) is 0 Å². The highest BCUT2D eigenvalue weighted by molar-refractivity contribution is 7.10. The maximum atomic E-state index is 5.84. The maximum Gasteiger partial charge on any atom is 0.0282 e. The van der Waals surface area contributed by atoms with E-state index in [-0.39, 0.29) is 0 Å². The number of nitrogens with two attached hydrogens (primary N) is 1. The normalized spacial score (nSPS) is 21.0. The Morgan fingerprint density at radius 2 is 2.22 bits per heavy atom. The van der Waals surface area contributed by atoms with Crippen LogP contribution < -0.4 is 11.3 Å². The summed E-state index contributed by atoms with van der Waals surface area (Å²) in [5.74, 6) is 7.27. The van der Waals surface area contributed by atoms with Gasteiger partial charge in [0.1, 0.15) is 0 Å². The van der Waals surface area contributed by atoms with E-state index in [0.717, 1.165) is 5.92 Å². The molecule has 1 aromatic rings. The lowest BCUT2D eigenvalue weighted by atomic mass is 9.79. The standard InChI is InChI=1S/C15H26N2S/c1-3-11(4-2)10-14(17-16)12-6-5-7-15-13(12)8-9-18-15/h8-9,11-12,14,17H,3-7,10,16H2,1-2H3. The zero-order chi connectivity index (χ0) is 13.0. The lowest BCUT2D eigenvalue weighted by molar-refractivity contribution is 0.313. The molecule has 2 nitrogen and oxygen atoms in total. The summed E-state index contributed by atoms with van der Waals surface area (Å²) in [6.07, 6.45) is 7.61. The van der Waals surface area contributed by atoms with Crippen LogP contribution in [-0.4, -0.2) is 6.04 Å². The van der Waals surface area contributed by atoms with Gasteiger partial charge in [-0.3, -0.25) is 11.3 Å². The monoisotopic (exact) mass is 266 g/mol. The number of rotatable bonds is 6. The molecule has 0 saturated heterocycles. The number of fused-ring (bicyclic) bond motifs is 1. The molecule has 1 heterocycles. The molecule has 0 fully saturated rings. The Hall–Kier alpha value is -0.380. The molecular weight excluding hydrogens is 240 g/mol. The predicted molar refractivity (Wildman–Crippen MR) is 79.8 cm³/mol. The van der Waals surface area contributed by atoms with Crippen LogP contribution in [-0.2, 0) is 6.42 Å². The second-order valence-corrected chi connectivity index (χ2v) is 6.49. The van der Waals surface area contributed by atoms with E-state index >= 15 is 0 Å². The summed E-state index contributed by atoms with van der Waals surface area (Å²) >= 11 is 1.92. The van der Waals surface area contributed by atoms with Crippen LogP contribution in [0.15, 0.2) is 11.4 Å². The lowest BCUT2D eigenvalue weighted by Crippen LogP contribution is -2.42. The molecule has 2 unspecified atom stereocenters. The summed E-state index contributed by atoms with van der Waals surface area (Å²) in [6.45, 7) is 4.58. The first-order valence-corrected chi connectivity index (χ1v) is 8.20. The number of hydrogen-bond acceptors (Lipinski definition) is 3. The lowest BCUT2D eigenvalue weighted by Gasteiger charge is -2.32. The highest BCUT2D eigenvalue weighted by Gasteiger charge is 2.29. The summed E-state index contributed by atoms with van der Waals surface area (Å²) in [5, 5.41) is 2.24. The van der Waals surface area contributed by atoms with Gasteiger partial charge in [0.15, 0.2) is 0 Å². The van der Waals surface area contributed by atoms with Crippen molar-refractivity contribution in [2.45, 2.75) is 64.3 Å². The van der Waals surface area contributed by atoms with Gasteiger partial charge in [0, 0.05) is 16.8 Å². The molecule has 1 aromatic heterocycles. The molecule has 18 heavy (non-hydrogen) atoms. The molecule has 0 aromatic carbocycles. The van der Waals surface area contributed by atoms with Crippen LogP contribution in [0, 0.1) is 5.92 Å². The molecule has 0 spiro atoms. The second kappa shape index (κ2) is 6.69. The average Bonchev–Trinajstić information content (AvgIpc) is 2.89. The number of hydrazine groups is 1. The highest BCUT2D eigenvalue weighted by atomic mass is 32.1. The van der Waals surface area contributed by atoms with Crippen molar-refractivity contribution in [1.82, 2.24) is 5.43 Å². The van der Waals surface area contributed by atoms with Crippen LogP contribution in [0.3, 0.4) is 0 Å². The fraction of sp³-hybridized carbons (Fsp3) is 0.733. The minimum absolute atomic E-state index is 0.448. The third kappa shape index (κ3) is 2.95. The van der Waals surface area contributed by atoms with Crippen LogP contribution >= 0.6 is 11.3 Å². The van der Waals surface area contributed by atoms with Crippen molar-refractivity contribution in [3.05, 3.63) is 21.9 Å². The summed E-state index contributed by atoms with van der Waals surface area (Å²) < 4.78 is 0. The maximum absolute atomic E-state index is 5.84. The van der Waals surface area contributed by atoms with Crippen molar-refractivity contribution < 1.29 is 0 Å². The summed E-state index contributed by atoms with van der Waals surface area (Å²) in [5.41, 5.74) is 4.68. The first kappa shape index (κ1) is 14.0. The van der Waals surface area contributed by atoms with Crippen LogP contribution in [0.1, 0.15) is 62.3 Å². The van der Waals surface area contributed by atoms with Crippen LogP contribution in [0.5, 0.6) is 0 Å². The first-order valence-electron chi connectivity index (χ1n) is 7.32. The number of aryl methyl sites for hydroxylation is 1. The van der Waals surface area contributed by atoms with Gasteiger partial charge >= 0.3 is 0 Å². The number of thiophene rings is 1. The Bertz CT molecular complexity index is 357. The van der Waals surface area contributed by atoms with E-state index in [1.54, 1.807) is 10.4 Å². The van der Waals surface area contributed by atoms with Crippen molar-refractivity contribution in [2.24, 2.45) is 11.8 Å². The van der Waals surface area contributed by atoms with Crippen LogP contribution in [0.2, 0.25) is 0 Å². The minimum atomic E-state index is 0.448. The van der Waals surface area contributed by atoms with Gasteiger partial charge in [-0.2, -0.15) is 0 Å². The fourth-order valence-corrected chi connectivity index (χ4v) is 4.27. The summed E-state index contributed by atoms with van der Waals surface area (Å²) in [4.78, 5) is 1.59. The van der Waals surface area contributed by atoms with Gasteiger partial charge in [-0.05, 0) is 48.6 Å². The van der Waals surface area contributed by atoms with Crippen molar-refractivity contribution in [3.8, 4) is 0 Å². The zero-order valence-electron chi connectivity index (χ0n) is 11.6. The molecule has 3 heteroatoms. The third-order valence-corrected chi connectivity index (χ3v) is 5.54. The summed E-state index contributed by atoms with van der Waals surface area (Å²) in [7, 11) is 0. The van der Waals surface area contributed by atoms with E-state index in [2.05, 4.69) is 30.7 Å². The van der Waals surface area contributed by atoms with Gasteiger partial charge in [0.2, 0.25) is 0 Å². The predicted octanol–water partition coefficient (Wildman–Crippen LogP) is 3.83. The Morgan fingerprint density at radius 3 is 2.89 bits per heavy atom. The second-order valence-electron chi connectivity index (χ2n) is 5.49. The quantitative estimate of drug-likeness (QED) is 0.606. The molecule has 102 valence electrons. The van der Waals surface area contributed by atoms with E-state index in [0.29, 0.717) is 12.0 Å². The molecule has 0 aliphatic heterocycles. The van der Waals surface area contributed by atoms with Crippen LogP contribution in [0.25, 0.3) is 0 Å². The molecule has 0 saturated carbocycles. The van der Waals surface area contributed by atoms with Crippen molar-refractivity contribution in [2.75, 3.05) is 0 Å². The Kier molecular flexibility index (Phi) is 5.22. The molecule has 2 atom stereocenters. The molecule has 0 amide bonds. The first-order chi connectivity index (χ1) is 8.80. The molecule has 0 bridgehead atoms. The molecule has 0 radical (unpaired) electrons. The Balaban J connectivity index is 2.09. The zero-order valence-corrected chi connectivity index (χ0v) is 12.4. The molecule has 2 rings (SSSR count). The highest BCUT2D eigenvalue weighted by Crippen LogP contribution is 2.38. The summed E-state index contributed by atoms with van der Waals surface area (Å²) in [6, 6.07) is 2.77. The SMILES string of the molecule is CCC(CC)CC(NN)C1CCCc2sccc21. The van der Waals surface area contributed by atoms with Crippen molar-refractivity contribution >= 4 is 11.3 Å².